The molecule has 1 heterocycles. The van der Waals surface area contributed by atoms with Crippen molar-refractivity contribution in [2.45, 2.75) is 6.92 Å². The molecule has 0 bridgehead atoms. The Morgan fingerprint density at radius 3 is 2.83 bits per heavy atom. The molecule has 0 saturated carbocycles. The molecule has 1 aromatic carbocycles. The SMILES string of the molecule is Cc1cccc2c(Cl)c(F)oc12. The second-order valence-corrected chi connectivity index (χ2v) is 3.02. The van der Waals surface area contributed by atoms with E-state index >= 15 is 0 Å². The Hall–Kier alpha value is -1.02. The zero-order valence-electron chi connectivity index (χ0n) is 6.40. The maximum Gasteiger partial charge on any atom is 0.297 e. The number of hydrogen-bond donors (Lipinski definition) is 0. The van der Waals surface area contributed by atoms with Gasteiger partial charge in [0.1, 0.15) is 10.6 Å². The molecule has 2 rings (SSSR count). The first kappa shape index (κ1) is 7.62. The lowest BCUT2D eigenvalue weighted by atomic mass is 10.2. The van der Waals surface area contributed by atoms with Crippen molar-refractivity contribution in [3.05, 3.63) is 34.8 Å². The molecular weight excluding hydrogens is 179 g/mol. The Labute approximate surface area is 73.7 Å². The van der Waals surface area contributed by atoms with Crippen molar-refractivity contribution in [3.8, 4) is 0 Å². The molecule has 12 heavy (non-hydrogen) atoms. The molecule has 2 aromatic rings. The molecule has 1 aromatic heterocycles. The molecular formula is C9H6ClFO. The van der Waals surface area contributed by atoms with Crippen molar-refractivity contribution < 1.29 is 8.81 Å². The van der Waals surface area contributed by atoms with Crippen LogP contribution in [0.15, 0.2) is 22.6 Å². The predicted molar refractivity (Wildman–Crippen MR) is 45.9 cm³/mol. The lowest BCUT2D eigenvalue weighted by Crippen LogP contribution is -1.70. The Bertz CT molecular complexity index is 433. The highest BCUT2D eigenvalue weighted by Gasteiger charge is 2.12. The number of fused-ring (bicyclic) bond motifs is 1. The Kier molecular flexibility index (Phi) is 1.58. The summed E-state index contributed by atoms with van der Waals surface area (Å²) in [6.07, 6.45) is 0. The van der Waals surface area contributed by atoms with E-state index in [-0.39, 0.29) is 5.02 Å². The van der Waals surface area contributed by atoms with Gasteiger partial charge in [-0.25, -0.2) is 0 Å². The van der Waals surface area contributed by atoms with Crippen LogP contribution in [0.4, 0.5) is 4.39 Å². The van der Waals surface area contributed by atoms with Gasteiger partial charge in [0.15, 0.2) is 0 Å². The smallest absolute Gasteiger partial charge is 0.297 e. The molecule has 0 N–H and O–H groups in total. The molecule has 3 heteroatoms. The minimum Gasteiger partial charge on any atom is -0.430 e. The zero-order chi connectivity index (χ0) is 8.72. The molecule has 0 saturated heterocycles. The van der Waals surface area contributed by atoms with Gasteiger partial charge < -0.3 is 4.42 Å². The summed E-state index contributed by atoms with van der Waals surface area (Å²) in [5, 5.41) is 0.697. The standard InChI is InChI=1S/C9H6ClFO/c1-5-3-2-4-6-7(10)9(11)12-8(5)6/h2-4H,1H3. The number of furan rings is 1. The van der Waals surface area contributed by atoms with Gasteiger partial charge in [0, 0.05) is 5.39 Å². The van der Waals surface area contributed by atoms with Crippen LogP contribution in [-0.4, -0.2) is 0 Å². The van der Waals surface area contributed by atoms with E-state index in [1.165, 1.54) is 0 Å². The number of aryl methyl sites for hydroxylation is 1. The lowest BCUT2D eigenvalue weighted by Gasteiger charge is -1.90. The van der Waals surface area contributed by atoms with Crippen LogP contribution in [0.1, 0.15) is 5.56 Å². The number of hydrogen-bond acceptors (Lipinski definition) is 1. The van der Waals surface area contributed by atoms with Crippen LogP contribution < -0.4 is 0 Å². The first-order chi connectivity index (χ1) is 5.70. The van der Waals surface area contributed by atoms with Gasteiger partial charge in [0.2, 0.25) is 0 Å². The van der Waals surface area contributed by atoms with Crippen LogP contribution >= 0.6 is 11.6 Å². The molecule has 1 nitrogen and oxygen atoms in total. The first-order valence-electron chi connectivity index (χ1n) is 3.53. The fourth-order valence-corrected chi connectivity index (χ4v) is 1.39. The maximum absolute atomic E-state index is 12.8. The van der Waals surface area contributed by atoms with Gasteiger partial charge >= 0.3 is 0 Å². The van der Waals surface area contributed by atoms with Crippen molar-refractivity contribution in [2.24, 2.45) is 0 Å². The molecule has 62 valence electrons. The van der Waals surface area contributed by atoms with Crippen LogP contribution in [0.5, 0.6) is 0 Å². The fourth-order valence-electron chi connectivity index (χ4n) is 1.20. The highest BCUT2D eigenvalue weighted by atomic mass is 35.5. The monoisotopic (exact) mass is 184 g/mol. The topological polar surface area (TPSA) is 13.1 Å². The van der Waals surface area contributed by atoms with Crippen molar-refractivity contribution in [2.75, 3.05) is 0 Å². The Morgan fingerprint density at radius 2 is 2.17 bits per heavy atom. The van der Waals surface area contributed by atoms with Gasteiger partial charge in [-0.15, -0.1) is 0 Å². The first-order valence-corrected chi connectivity index (χ1v) is 3.91. The molecule has 0 aliphatic rings. The third kappa shape index (κ3) is 0.916. The third-order valence-corrected chi connectivity index (χ3v) is 2.16. The summed E-state index contributed by atoms with van der Waals surface area (Å²) in [4.78, 5) is 0. The number of para-hydroxylation sites is 1. The number of halogens is 2. The van der Waals surface area contributed by atoms with E-state index in [0.29, 0.717) is 11.0 Å². The normalized spacial score (nSPS) is 10.9. The predicted octanol–water partition coefficient (Wildman–Crippen LogP) is 3.53. The highest BCUT2D eigenvalue weighted by Crippen LogP contribution is 2.30. The quantitative estimate of drug-likeness (QED) is 0.611. The maximum atomic E-state index is 12.8. The molecule has 0 spiro atoms. The summed E-state index contributed by atoms with van der Waals surface area (Å²) in [6, 6.07) is 4.69. The van der Waals surface area contributed by atoms with Crippen molar-refractivity contribution in [3.63, 3.8) is 0 Å². The van der Waals surface area contributed by atoms with Crippen molar-refractivity contribution in [1.29, 1.82) is 0 Å². The number of rotatable bonds is 0. The van der Waals surface area contributed by atoms with E-state index in [4.69, 9.17) is 16.0 Å². The van der Waals surface area contributed by atoms with Crippen LogP contribution in [-0.2, 0) is 0 Å². The molecule has 0 aliphatic carbocycles. The minimum atomic E-state index is -0.707. The summed E-state index contributed by atoms with van der Waals surface area (Å²) in [6.45, 7) is 1.85. The van der Waals surface area contributed by atoms with Crippen LogP contribution in [0.3, 0.4) is 0 Å². The zero-order valence-corrected chi connectivity index (χ0v) is 7.15. The van der Waals surface area contributed by atoms with Gasteiger partial charge in [-0.3, -0.25) is 0 Å². The van der Waals surface area contributed by atoms with Gasteiger partial charge in [-0.05, 0) is 18.6 Å². The van der Waals surface area contributed by atoms with Gasteiger partial charge in [0.05, 0.1) is 0 Å². The minimum absolute atomic E-state index is 0.0636. The van der Waals surface area contributed by atoms with E-state index in [1.54, 1.807) is 6.07 Å². The summed E-state index contributed by atoms with van der Waals surface area (Å²) in [5.74, 6) is 0. The van der Waals surface area contributed by atoms with Gasteiger partial charge in [-0.1, -0.05) is 23.7 Å². The summed E-state index contributed by atoms with van der Waals surface area (Å²) >= 11 is 5.64. The molecule has 0 atom stereocenters. The summed E-state index contributed by atoms with van der Waals surface area (Å²) < 4.78 is 17.6. The van der Waals surface area contributed by atoms with E-state index in [1.807, 2.05) is 19.1 Å². The van der Waals surface area contributed by atoms with E-state index in [9.17, 15) is 4.39 Å². The summed E-state index contributed by atoms with van der Waals surface area (Å²) in [7, 11) is 0. The Morgan fingerprint density at radius 1 is 1.42 bits per heavy atom. The van der Waals surface area contributed by atoms with Crippen molar-refractivity contribution in [1.82, 2.24) is 0 Å². The average molecular weight is 185 g/mol. The molecule has 0 radical (unpaired) electrons. The second kappa shape index (κ2) is 2.49. The number of benzene rings is 1. The van der Waals surface area contributed by atoms with Crippen LogP contribution in [0.2, 0.25) is 5.02 Å². The van der Waals surface area contributed by atoms with E-state index < -0.39 is 6.01 Å². The van der Waals surface area contributed by atoms with Crippen LogP contribution in [0.25, 0.3) is 11.0 Å². The van der Waals surface area contributed by atoms with Crippen molar-refractivity contribution >= 4 is 22.6 Å². The largest absolute Gasteiger partial charge is 0.430 e. The third-order valence-electron chi connectivity index (χ3n) is 1.81. The summed E-state index contributed by atoms with van der Waals surface area (Å²) in [5.41, 5.74) is 1.42. The van der Waals surface area contributed by atoms with Crippen LogP contribution in [0, 0.1) is 12.9 Å². The van der Waals surface area contributed by atoms with Gasteiger partial charge in [0.25, 0.3) is 6.01 Å². The molecule has 0 aliphatic heterocycles. The second-order valence-electron chi connectivity index (χ2n) is 2.64. The highest BCUT2D eigenvalue weighted by molar-refractivity contribution is 6.35. The van der Waals surface area contributed by atoms with E-state index in [2.05, 4.69) is 0 Å². The Balaban J connectivity index is 2.95. The molecule has 0 unspecified atom stereocenters. The molecule has 0 fully saturated rings. The lowest BCUT2D eigenvalue weighted by molar-refractivity contribution is 0.380. The fraction of sp³-hybridized carbons (Fsp3) is 0.111. The molecule has 0 amide bonds. The average Bonchev–Trinajstić information content (AvgIpc) is 2.32. The van der Waals surface area contributed by atoms with Gasteiger partial charge in [-0.2, -0.15) is 4.39 Å². The van der Waals surface area contributed by atoms with E-state index in [0.717, 1.165) is 5.56 Å².